The fourth-order valence-corrected chi connectivity index (χ4v) is 6.05. The third-order valence-electron chi connectivity index (χ3n) is 8.07. The molecule has 2 amide bonds. The number of ether oxygens (including phenoxy) is 1. The summed E-state index contributed by atoms with van der Waals surface area (Å²) >= 11 is 1.53. The molecule has 2 fully saturated rings. The number of nitrogens with zero attached hydrogens (tertiary/aromatic N) is 4. The quantitative estimate of drug-likeness (QED) is 0.105. The molecule has 0 bridgehead atoms. The predicted molar refractivity (Wildman–Crippen MR) is 181 cm³/mol. The molecule has 2 aromatic carbocycles. The number of thioether (sulfide) groups is 1. The lowest BCUT2D eigenvalue weighted by Crippen LogP contribution is -2.59. The molecule has 0 atom stereocenters. The Morgan fingerprint density at radius 1 is 0.978 bits per heavy atom. The third kappa shape index (κ3) is 7.64. The number of nitrogens with one attached hydrogen (secondary N) is 4. The zero-order valence-corrected chi connectivity index (χ0v) is 26.6. The van der Waals surface area contributed by atoms with Crippen molar-refractivity contribution in [2.75, 3.05) is 48.9 Å². The number of aromatic nitrogens is 3. The molecule has 2 aromatic heterocycles. The van der Waals surface area contributed by atoms with Gasteiger partial charge in [0.2, 0.25) is 11.9 Å². The number of hydrogen-bond donors (Lipinski definition) is 4. The van der Waals surface area contributed by atoms with E-state index in [1.807, 2.05) is 60.9 Å². The number of carbonyl (C=O) groups excluding carboxylic acids is 2. The highest BCUT2D eigenvalue weighted by molar-refractivity contribution is 7.98. The van der Waals surface area contributed by atoms with Crippen LogP contribution in [0.15, 0.2) is 90.1 Å². The summed E-state index contributed by atoms with van der Waals surface area (Å²) < 4.78 is 5.89. The van der Waals surface area contributed by atoms with E-state index < -0.39 is 0 Å². The highest BCUT2D eigenvalue weighted by Crippen LogP contribution is 2.47. The van der Waals surface area contributed by atoms with Crippen LogP contribution in [-0.4, -0.2) is 64.6 Å². The van der Waals surface area contributed by atoms with Crippen molar-refractivity contribution >= 4 is 52.4 Å². The van der Waals surface area contributed by atoms with Crippen LogP contribution >= 0.6 is 11.8 Å². The second kappa shape index (κ2) is 14.0. The third-order valence-corrected chi connectivity index (χ3v) is 8.81. The predicted octanol–water partition coefficient (Wildman–Crippen LogP) is 6.21. The van der Waals surface area contributed by atoms with Crippen LogP contribution in [0.1, 0.15) is 29.8 Å². The summed E-state index contributed by atoms with van der Waals surface area (Å²) in [6, 6.07) is 18.1. The molecule has 12 heteroatoms. The summed E-state index contributed by atoms with van der Waals surface area (Å²) in [7, 11) is 1.55. The molecule has 11 nitrogen and oxygen atoms in total. The Hall–Kier alpha value is -4.94. The van der Waals surface area contributed by atoms with Crippen LogP contribution in [0.25, 0.3) is 0 Å². The minimum Gasteiger partial charge on any atom is -0.457 e. The normalized spacial score (nSPS) is 15.1. The van der Waals surface area contributed by atoms with Crippen molar-refractivity contribution in [3.8, 4) is 11.5 Å². The van der Waals surface area contributed by atoms with Crippen LogP contribution in [0.2, 0.25) is 0 Å². The standard InChI is InChI=1S/C34H36N8O3S/c1-35-32(44)28-19-27(13-16-36-28)45-26-11-9-23(10-12-26)40-33-37-20-29(46-2)31(41-33)39-25-7-3-6-24(18-25)38-30(43)8-4-17-42-21-34(22-42)14-5-15-34/h3-4,6-13,16,18-20H,5,14-15,17,21-22H2,1-2H3,(H,35,44)(H,38,43)(H2,37,39,40,41)/b8-4+. The van der Waals surface area contributed by atoms with Crippen LogP contribution in [0.4, 0.5) is 28.8 Å². The largest absolute Gasteiger partial charge is 0.457 e. The summed E-state index contributed by atoms with van der Waals surface area (Å²) in [5.74, 6) is 1.72. The van der Waals surface area contributed by atoms with Gasteiger partial charge in [0.1, 0.15) is 23.0 Å². The first kappa shape index (κ1) is 31.1. The summed E-state index contributed by atoms with van der Waals surface area (Å²) in [5, 5.41) is 12.1. The average Bonchev–Trinajstić information content (AvgIpc) is 3.02. The maximum Gasteiger partial charge on any atom is 0.269 e. The van der Waals surface area contributed by atoms with Gasteiger partial charge in [-0.1, -0.05) is 18.6 Å². The summed E-state index contributed by atoms with van der Waals surface area (Å²) in [4.78, 5) is 40.9. The lowest BCUT2D eigenvalue weighted by atomic mass is 9.63. The summed E-state index contributed by atoms with van der Waals surface area (Å²) in [6.07, 6.45) is 12.9. The number of hydrogen-bond acceptors (Lipinski definition) is 10. The van der Waals surface area contributed by atoms with E-state index in [4.69, 9.17) is 9.72 Å². The average molecular weight is 637 g/mol. The van der Waals surface area contributed by atoms with Gasteiger partial charge >= 0.3 is 0 Å². The Morgan fingerprint density at radius 2 is 1.78 bits per heavy atom. The summed E-state index contributed by atoms with van der Waals surface area (Å²) in [5.41, 5.74) is 3.10. The minimum atomic E-state index is -0.284. The van der Waals surface area contributed by atoms with E-state index in [9.17, 15) is 9.59 Å². The molecule has 1 spiro atoms. The second-order valence-corrected chi connectivity index (χ2v) is 12.3. The molecule has 4 N–H and O–H groups in total. The molecular formula is C34H36N8O3S. The van der Waals surface area contributed by atoms with Gasteiger partial charge in [0, 0.05) is 68.3 Å². The monoisotopic (exact) mass is 636 g/mol. The van der Waals surface area contributed by atoms with E-state index in [1.54, 1.807) is 31.5 Å². The van der Waals surface area contributed by atoms with Gasteiger partial charge in [-0.15, -0.1) is 11.8 Å². The molecule has 1 saturated carbocycles. The van der Waals surface area contributed by atoms with Gasteiger partial charge in [-0.3, -0.25) is 19.5 Å². The van der Waals surface area contributed by atoms with E-state index in [-0.39, 0.29) is 17.5 Å². The molecule has 0 radical (unpaired) electrons. The Kier molecular flexibility index (Phi) is 9.46. The zero-order valence-electron chi connectivity index (χ0n) is 25.7. The lowest BCUT2D eigenvalue weighted by Gasteiger charge is -2.56. The molecule has 1 saturated heterocycles. The molecule has 2 aliphatic rings. The van der Waals surface area contributed by atoms with Crippen LogP contribution in [0, 0.1) is 5.41 Å². The van der Waals surface area contributed by atoms with Crippen LogP contribution < -0.4 is 26.0 Å². The first-order chi connectivity index (χ1) is 22.4. The fraction of sp³-hybridized carbons (Fsp3) is 0.265. The van der Waals surface area contributed by atoms with Crippen LogP contribution in [-0.2, 0) is 4.79 Å². The van der Waals surface area contributed by atoms with Gasteiger partial charge in [0.25, 0.3) is 5.91 Å². The number of likely N-dealkylation sites (tertiary alicyclic amines) is 1. The molecule has 236 valence electrons. The highest BCUT2D eigenvalue weighted by atomic mass is 32.2. The van der Waals surface area contributed by atoms with Crippen molar-refractivity contribution in [1.29, 1.82) is 0 Å². The topological polar surface area (TPSA) is 133 Å². The van der Waals surface area contributed by atoms with Crippen LogP contribution in [0.5, 0.6) is 11.5 Å². The van der Waals surface area contributed by atoms with E-state index in [2.05, 4.69) is 36.1 Å². The number of benzene rings is 2. The SMILES string of the molecule is CNC(=O)c1cc(Oc2ccc(Nc3ncc(SC)c(Nc4cccc(NC(=O)/C=C/CN5CC6(CCC6)C5)c4)n3)cc2)ccn1. The van der Waals surface area contributed by atoms with Gasteiger partial charge in [-0.2, -0.15) is 4.98 Å². The van der Waals surface area contributed by atoms with Crippen molar-refractivity contribution in [1.82, 2.24) is 25.2 Å². The molecule has 46 heavy (non-hydrogen) atoms. The lowest BCUT2D eigenvalue weighted by molar-refractivity contribution is -0.112. The Bertz CT molecular complexity index is 1730. The van der Waals surface area contributed by atoms with Crippen molar-refractivity contribution < 1.29 is 14.3 Å². The Balaban J connectivity index is 1.05. The number of carbonyl (C=O) groups is 2. The molecule has 3 heterocycles. The first-order valence-electron chi connectivity index (χ1n) is 15.1. The van der Waals surface area contributed by atoms with Gasteiger partial charge in [0.15, 0.2) is 0 Å². The van der Waals surface area contributed by atoms with Gasteiger partial charge in [0.05, 0.1) is 4.90 Å². The number of amides is 2. The smallest absolute Gasteiger partial charge is 0.269 e. The number of anilines is 5. The second-order valence-electron chi connectivity index (χ2n) is 11.4. The fourth-order valence-electron chi connectivity index (χ4n) is 5.60. The Morgan fingerprint density at radius 3 is 2.52 bits per heavy atom. The highest BCUT2D eigenvalue weighted by Gasteiger charge is 2.46. The minimum absolute atomic E-state index is 0.153. The molecular weight excluding hydrogens is 600 g/mol. The van der Waals surface area contributed by atoms with Crippen molar-refractivity contribution in [3.05, 3.63) is 90.9 Å². The van der Waals surface area contributed by atoms with E-state index in [0.717, 1.165) is 35.9 Å². The van der Waals surface area contributed by atoms with Crippen molar-refractivity contribution in [2.24, 2.45) is 5.41 Å². The Labute approximate surface area is 272 Å². The van der Waals surface area contributed by atoms with Gasteiger partial charge in [-0.05, 0) is 73.0 Å². The zero-order chi connectivity index (χ0) is 31.9. The van der Waals surface area contributed by atoms with Crippen LogP contribution in [0.3, 0.4) is 0 Å². The first-order valence-corrected chi connectivity index (χ1v) is 16.3. The van der Waals surface area contributed by atoms with Gasteiger partial charge in [-0.25, -0.2) is 4.98 Å². The molecule has 1 aliphatic heterocycles. The van der Waals surface area contributed by atoms with Crippen molar-refractivity contribution in [3.63, 3.8) is 0 Å². The number of rotatable bonds is 12. The van der Waals surface area contributed by atoms with E-state index in [0.29, 0.717) is 34.4 Å². The molecule has 4 aromatic rings. The van der Waals surface area contributed by atoms with E-state index >= 15 is 0 Å². The maximum absolute atomic E-state index is 12.6. The molecule has 0 unspecified atom stereocenters. The summed E-state index contributed by atoms with van der Waals surface area (Å²) in [6.45, 7) is 3.12. The molecule has 6 rings (SSSR count). The van der Waals surface area contributed by atoms with E-state index in [1.165, 1.54) is 37.2 Å². The number of pyridine rings is 1. The molecule has 1 aliphatic carbocycles. The van der Waals surface area contributed by atoms with Crippen molar-refractivity contribution in [2.45, 2.75) is 24.2 Å². The maximum atomic E-state index is 12.6. The van der Waals surface area contributed by atoms with Gasteiger partial charge < -0.3 is 26.0 Å².